The maximum absolute atomic E-state index is 13.1. The number of amides is 1. The number of carbonyl (C=O) groups excluding carboxylic acids is 2. The molecule has 32 heavy (non-hydrogen) atoms. The molecule has 1 saturated heterocycles. The number of carbonyl (C=O) groups is 2. The molecule has 1 aliphatic heterocycles. The van der Waals surface area contributed by atoms with Crippen molar-refractivity contribution in [2.24, 2.45) is 0 Å². The number of methoxy groups -OCH3 is 1. The van der Waals surface area contributed by atoms with Crippen LogP contribution in [0, 0.1) is 13.8 Å². The average Bonchev–Trinajstić information content (AvgIpc) is 3.31. The second-order valence-electron chi connectivity index (χ2n) is 7.40. The van der Waals surface area contributed by atoms with E-state index in [1.807, 2.05) is 6.92 Å². The van der Waals surface area contributed by atoms with E-state index in [-0.39, 0.29) is 16.9 Å². The number of benzene rings is 2. The molecule has 1 unspecified atom stereocenters. The smallest absolute Gasteiger partial charge is 0.300 e. The van der Waals surface area contributed by atoms with E-state index in [0.717, 1.165) is 5.56 Å². The Balaban J connectivity index is 1.94. The van der Waals surface area contributed by atoms with Crippen molar-refractivity contribution in [3.63, 3.8) is 0 Å². The van der Waals surface area contributed by atoms with Gasteiger partial charge in [-0.3, -0.25) is 14.5 Å². The minimum Gasteiger partial charge on any atom is -0.507 e. The minimum atomic E-state index is -0.982. The Morgan fingerprint density at radius 2 is 1.78 bits per heavy atom. The van der Waals surface area contributed by atoms with Crippen LogP contribution in [-0.2, 0) is 9.59 Å². The molecule has 0 spiro atoms. The highest BCUT2D eigenvalue weighted by Crippen LogP contribution is 2.43. The number of aliphatic hydroxyl groups excluding tert-OH is 1. The summed E-state index contributed by atoms with van der Waals surface area (Å²) in [5, 5.41) is 11.9. The van der Waals surface area contributed by atoms with Gasteiger partial charge in [0.05, 0.1) is 17.7 Å². The van der Waals surface area contributed by atoms with Crippen LogP contribution in [0.3, 0.4) is 0 Å². The van der Waals surface area contributed by atoms with Crippen LogP contribution in [0.5, 0.6) is 5.75 Å². The molecule has 1 atom stereocenters. The van der Waals surface area contributed by atoms with Crippen molar-refractivity contribution < 1.29 is 23.8 Å². The molecule has 8 heteroatoms. The molecule has 2 aromatic carbocycles. The van der Waals surface area contributed by atoms with Crippen molar-refractivity contribution in [1.82, 2.24) is 0 Å². The Hall–Kier alpha value is -3.22. The van der Waals surface area contributed by atoms with Crippen LogP contribution in [0.25, 0.3) is 5.76 Å². The van der Waals surface area contributed by atoms with Crippen molar-refractivity contribution in [2.75, 3.05) is 12.0 Å². The molecular weight excluding hydrogens is 453 g/mol. The summed E-state index contributed by atoms with van der Waals surface area (Å²) in [6.45, 7) is 3.59. The van der Waals surface area contributed by atoms with Crippen LogP contribution in [0.15, 0.2) is 58.5 Å². The number of ketones is 1. The lowest BCUT2D eigenvalue weighted by molar-refractivity contribution is -0.132. The first-order chi connectivity index (χ1) is 15.2. The fraction of sp³-hybridized carbons (Fsp3) is 0.167. The summed E-state index contributed by atoms with van der Waals surface area (Å²) in [5.74, 6) is -0.751. The second-order valence-corrected chi connectivity index (χ2v) is 8.21. The summed E-state index contributed by atoms with van der Waals surface area (Å²) in [6.07, 6.45) is 0. The summed E-state index contributed by atoms with van der Waals surface area (Å²) in [7, 11) is 1.44. The predicted molar refractivity (Wildman–Crippen MR) is 122 cm³/mol. The first kappa shape index (κ1) is 22.0. The van der Waals surface area contributed by atoms with Gasteiger partial charge < -0.3 is 14.3 Å². The Morgan fingerprint density at radius 1 is 1.03 bits per heavy atom. The Labute approximate surface area is 194 Å². The SMILES string of the molecule is COc1cc(/C(O)=C2/C(=O)C(=O)N(c3ccc(C)c(Cl)c3)C2c2ccc(C)o2)ccc1Cl. The van der Waals surface area contributed by atoms with Gasteiger partial charge in [-0.1, -0.05) is 29.3 Å². The van der Waals surface area contributed by atoms with E-state index in [2.05, 4.69) is 0 Å². The van der Waals surface area contributed by atoms with Crippen LogP contribution >= 0.6 is 23.2 Å². The number of aliphatic hydroxyl groups is 1. The van der Waals surface area contributed by atoms with E-state index in [0.29, 0.717) is 33.0 Å². The van der Waals surface area contributed by atoms with E-state index < -0.39 is 17.7 Å². The molecule has 3 aromatic rings. The van der Waals surface area contributed by atoms with Crippen molar-refractivity contribution in [1.29, 1.82) is 0 Å². The molecule has 1 amide bonds. The maximum atomic E-state index is 13.1. The summed E-state index contributed by atoms with van der Waals surface area (Å²) < 4.78 is 11.0. The molecule has 1 aliphatic rings. The first-order valence-electron chi connectivity index (χ1n) is 9.70. The number of ether oxygens (including phenoxy) is 1. The van der Waals surface area contributed by atoms with Gasteiger partial charge in [-0.05, 0) is 61.9 Å². The summed E-state index contributed by atoms with van der Waals surface area (Å²) in [6, 6.07) is 12.1. The number of aryl methyl sites for hydroxylation is 2. The number of rotatable bonds is 4. The van der Waals surface area contributed by atoms with Crippen LogP contribution < -0.4 is 9.64 Å². The van der Waals surface area contributed by atoms with Crippen LogP contribution in [-0.4, -0.2) is 23.9 Å². The van der Waals surface area contributed by atoms with E-state index in [4.69, 9.17) is 32.4 Å². The standard InChI is InChI=1S/C24H19Cl2NO5/c1-12-4-7-15(11-17(12)26)27-21(18-9-5-13(2)32-18)20(23(29)24(27)30)22(28)14-6-8-16(25)19(10-14)31-3/h4-11,21,28H,1-3H3/b22-20-. The molecule has 0 aliphatic carbocycles. The summed E-state index contributed by atoms with van der Waals surface area (Å²) in [4.78, 5) is 27.5. The number of anilines is 1. The molecular formula is C24H19Cl2NO5. The summed E-state index contributed by atoms with van der Waals surface area (Å²) in [5.41, 5.74) is 1.41. The number of hydrogen-bond acceptors (Lipinski definition) is 5. The molecule has 4 rings (SSSR count). The minimum absolute atomic E-state index is 0.106. The highest BCUT2D eigenvalue weighted by molar-refractivity contribution is 6.51. The van der Waals surface area contributed by atoms with Gasteiger partial charge in [-0.15, -0.1) is 0 Å². The Kier molecular flexibility index (Phi) is 5.75. The molecule has 2 heterocycles. The third-order valence-corrected chi connectivity index (χ3v) is 6.05. The molecule has 0 saturated carbocycles. The number of Topliss-reactive ketones (excluding diaryl/α,β-unsaturated/α-hetero) is 1. The van der Waals surface area contributed by atoms with Crippen molar-refractivity contribution in [2.45, 2.75) is 19.9 Å². The zero-order valence-corrected chi connectivity index (χ0v) is 19.0. The lowest BCUT2D eigenvalue weighted by Crippen LogP contribution is -2.29. The topological polar surface area (TPSA) is 80.0 Å². The Morgan fingerprint density at radius 3 is 2.41 bits per heavy atom. The summed E-state index contributed by atoms with van der Waals surface area (Å²) >= 11 is 12.4. The van der Waals surface area contributed by atoms with Gasteiger partial charge in [0, 0.05) is 16.3 Å². The normalized spacial score (nSPS) is 17.8. The first-order valence-corrected chi connectivity index (χ1v) is 10.5. The number of nitrogens with zero attached hydrogens (tertiary/aromatic N) is 1. The molecule has 0 radical (unpaired) electrons. The second kappa shape index (κ2) is 8.37. The zero-order chi connectivity index (χ0) is 23.2. The van der Waals surface area contributed by atoms with E-state index >= 15 is 0 Å². The van der Waals surface area contributed by atoms with Gasteiger partial charge in [0.1, 0.15) is 29.1 Å². The van der Waals surface area contributed by atoms with E-state index in [1.54, 1.807) is 43.3 Å². The Bertz CT molecular complexity index is 1280. The van der Waals surface area contributed by atoms with Gasteiger partial charge in [0.2, 0.25) is 0 Å². The number of halogens is 2. The molecule has 1 N–H and O–H groups in total. The van der Waals surface area contributed by atoms with Crippen LogP contribution in [0.2, 0.25) is 10.0 Å². The van der Waals surface area contributed by atoms with Gasteiger partial charge in [0.25, 0.3) is 11.7 Å². The van der Waals surface area contributed by atoms with Crippen LogP contribution in [0.4, 0.5) is 5.69 Å². The molecule has 1 fully saturated rings. The highest BCUT2D eigenvalue weighted by Gasteiger charge is 2.48. The number of hydrogen-bond donors (Lipinski definition) is 1. The molecule has 164 valence electrons. The predicted octanol–water partition coefficient (Wildman–Crippen LogP) is 5.84. The molecule has 1 aromatic heterocycles. The van der Waals surface area contributed by atoms with Crippen molar-refractivity contribution in [3.05, 3.63) is 86.8 Å². The lowest BCUT2D eigenvalue weighted by atomic mass is 9.99. The third-order valence-electron chi connectivity index (χ3n) is 5.33. The van der Waals surface area contributed by atoms with Gasteiger partial charge in [0.15, 0.2) is 0 Å². The van der Waals surface area contributed by atoms with Crippen molar-refractivity contribution in [3.8, 4) is 5.75 Å². The fourth-order valence-electron chi connectivity index (χ4n) is 3.66. The zero-order valence-electron chi connectivity index (χ0n) is 17.5. The average molecular weight is 472 g/mol. The monoisotopic (exact) mass is 471 g/mol. The lowest BCUT2D eigenvalue weighted by Gasteiger charge is -2.24. The van der Waals surface area contributed by atoms with Crippen LogP contribution in [0.1, 0.15) is 28.7 Å². The van der Waals surface area contributed by atoms with Gasteiger partial charge in [-0.25, -0.2) is 0 Å². The highest BCUT2D eigenvalue weighted by atomic mass is 35.5. The fourth-order valence-corrected chi connectivity index (χ4v) is 4.03. The van der Waals surface area contributed by atoms with E-state index in [9.17, 15) is 14.7 Å². The molecule has 0 bridgehead atoms. The maximum Gasteiger partial charge on any atom is 0.300 e. The van der Waals surface area contributed by atoms with Gasteiger partial charge >= 0.3 is 0 Å². The quantitative estimate of drug-likeness (QED) is 0.293. The van der Waals surface area contributed by atoms with Gasteiger partial charge in [-0.2, -0.15) is 0 Å². The van der Waals surface area contributed by atoms with E-state index in [1.165, 1.54) is 24.1 Å². The largest absolute Gasteiger partial charge is 0.507 e. The van der Waals surface area contributed by atoms with Crippen molar-refractivity contribution >= 4 is 46.3 Å². The number of furan rings is 1. The third kappa shape index (κ3) is 3.66. The molecule has 6 nitrogen and oxygen atoms in total.